The van der Waals surface area contributed by atoms with E-state index in [0.29, 0.717) is 5.69 Å². The van der Waals surface area contributed by atoms with Gasteiger partial charge < -0.3 is 9.88 Å². The minimum absolute atomic E-state index is 0.0837. The van der Waals surface area contributed by atoms with Crippen molar-refractivity contribution in [2.45, 2.75) is 18.9 Å². The highest BCUT2D eigenvalue weighted by Gasteiger charge is 2.28. The summed E-state index contributed by atoms with van der Waals surface area (Å²) >= 11 is 3.41. The van der Waals surface area contributed by atoms with Gasteiger partial charge in [-0.1, -0.05) is 22.0 Å². The molecule has 86 valence electrons. The number of rotatable bonds is 2. The van der Waals surface area contributed by atoms with Crippen molar-refractivity contribution >= 4 is 21.8 Å². The lowest BCUT2D eigenvalue weighted by molar-refractivity contribution is 0.0744. The molecule has 4 nitrogen and oxygen atoms in total. The lowest BCUT2D eigenvalue weighted by Gasteiger charge is -2.22. The molecule has 0 spiro atoms. The highest BCUT2D eigenvalue weighted by Crippen LogP contribution is 2.20. The first-order valence-corrected chi connectivity index (χ1v) is 6.41. The van der Waals surface area contributed by atoms with Crippen LogP contribution in [-0.4, -0.2) is 33.7 Å². The topological polar surface area (TPSA) is 53.2 Å². The normalized spacial score (nSPS) is 20.1. The summed E-state index contributed by atoms with van der Waals surface area (Å²) in [4.78, 5) is 27.6. The van der Waals surface area contributed by atoms with Crippen molar-refractivity contribution in [1.82, 2.24) is 9.88 Å². The van der Waals surface area contributed by atoms with Crippen LogP contribution in [0.15, 0.2) is 23.0 Å². The average molecular weight is 285 g/mol. The van der Waals surface area contributed by atoms with Gasteiger partial charge in [-0.2, -0.15) is 0 Å². The van der Waals surface area contributed by atoms with E-state index in [-0.39, 0.29) is 17.5 Å². The third kappa shape index (κ3) is 2.19. The van der Waals surface area contributed by atoms with Gasteiger partial charge in [0.1, 0.15) is 5.69 Å². The second-order valence-corrected chi connectivity index (χ2v) is 4.53. The predicted molar refractivity (Wildman–Crippen MR) is 64.9 cm³/mol. The molecule has 1 aromatic rings. The van der Waals surface area contributed by atoms with Gasteiger partial charge in [-0.15, -0.1) is 0 Å². The van der Waals surface area contributed by atoms with E-state index in [2.05, 4.69) is 20.9 Å². The summed E-state index contributed by atoms with van der Waals surface area (Å²) in [6.07, 6.45) is 2.05. The van der Waals surface area contributed by atoms with Crippen LogP contribution < -0.4 is 5.56 Å². The SMILES string of the molecule is O=C(c1cccc(=O)[nH]1)N1CCCC1CBr. The van der Waals surface area contributed by atoms with Crippen LogP contribution in [0.2, 0.25) is 0 Å². The fraction of sp³-hybridized carbons (Fsp3) is 0.455. The van der Waals surface area contributed by atoms with Gasteiger partial charge >= 0.3 is 0 Å². The van der Waals surface area contributed by atoms with E-state index >= 15 is 0 Å². The number of carbonyl (C=O) groups excluding carboxylic acids is 1. The number of H-pyrrole nitrogens is 1. The van der Waals surface area contributed by atoms with Crippen molar-refractivity contribution < 1.29 is 4.79 Å². The maximum atomic E-state index is 12.1. The van der Waals surface area contributed by atoms with Crippen LogP contribution in [0.5, 0.6) is 0 Å². The van der Waals surface area contributed by atoms with Crippen LogP contribution in [0.3, 0.4) is 0 Å². The predicted octanol–water partition coefficient (Wildman–Crippen LogP) is 1.37. The second kappa shape index (κ2) is 4.82. The summed E-state index contributed by atoms with van der Waals surface area (Å²) in [6.45, 7) is 0.770. The number of likely N-dealkylation sites (tertiary alicyclic amines) is 1. The van der Waals surface area contributed by atoms with Crippen LogP contribution in [0.4, 0.5) is 0 Å². The largest absolute Gasteiger partial charge is 0.334 e. The molecule has 0 aromatic carbocycles. The molecule has 1 amide bonds. The van der Waals surface area contributed by atoms with E-state index in [1.165, 1.54) is 6.07 Å². The van der Waals surface area contributed by atoms with Gasteiger partial charge in [0.25, 0.3) is 5.91 Å². The average Bonchev–Trinajstić information content (AvgIpc) is 2.76. The Kier molecular flexibility index (Phi) is 3.43. The van der Waals surface area contributed by atoms with Crippen molar-refractivity contribution in [2.75, 3.05) is 11.9 Å². The molecule has 1 fully saturated rings. The number of amides is 1. The van der Waals surface area contributed by atoms with Gasteiger partial charge in [0.05, 0.1) is 0 Å². The van der Waals surface area contributed by atoms with Crippen molar-refractivity contribution in [3.8, 4) is 0 Å². The van der Waals surface area contributed by atoms with Crippen LogP contribution >= 0.6 is 15.9 Å². The zero-order valence-electron chi connectivity index (χ0n) is 8.78. The first kappa shape index (κ1) is 11.4. The highest BCUT2D eigenvalue weighted by molar-refractivity contribution is 9.09. The summed E-state index contributed by atoms with van der Waals surface area (Å²) in [6, 6.07) is 4.90. The number of carbonyl (C=O) groups is 1. The number of aromatic nitrogens is 1. The van der Waals surface area contributed by atoms with Crippen LogP contribution in [0, 0.1) is 0 Å². The molecule has 0 saturated carbocycles. The summed E-state index contributed by atoms with van der Waals surface area (Å²) < 4.78 is 0. The Morgan fingerprint density at radius 3 is 3.06 bits per heavy atom. The Labute approximate surface area is 102 Å². The number of aromatic amines is 1. The lowest BCUT2D eigenvalue weighted by Crippen LogP contribution is -2.37. The maximum absolute atomic E-state index is 12.1. The van der Waals surface area contributed by atoms with E-state index in [4.69, 9.17) is 0 Å². The van der Waals surface area contributed by atoms with Crippen molar-refractivity contribution in [3.05, 3.63) is 34.2 Å². The van der Waals surface area contributed by atoms with E-state index in [1.807, 2.05) is 4.90 Å². The third-order valence-corrected chi connectivity index (χ3v) is 3.56. The minimum atomic E-state index is -0.236. The van der Waals surface area contributed by atoms with Crippen LogP contribution in [-0.2, 0) is 0 Å². The van der Waals surface area contributed by atoms with E-state index in [1.54, 1.807) is 12.1 Å². The number of nitrogens with zero attached hydrogens (tertiary/aromatic N) is 1. The number of pyridine rings is 1. The quantitative estimate of drug-likeness (QED) is 0.834. The fourth-order valence-corrected chi connectivity index (χ4v) is 2.66. The number of nitrogens with one attached hydrogen (secondary N) is 1. The molecule has 1 aromatic heterocycles. The molecule has 2 heterocycles. The summed E-state index contributed by atoms with van der Waals surface area (Å²) in [5, 5.41) is 0.788. The van der Waals surface area contributed by atoms with Crippen molar-refractivity contribution in [3.63, 3.8) is 0 Å². The van der Waals surface area contributed by atoms with Gasteiger partial charge in [-0.25, -0.2) is 0 Å². The molecule has 0 radical (unpaired) electrons. The third-order valence-electron chi connectivity index (χ3n) is 2.81. The minimum Gasteiger partial charge on any atom is -0.334 e. The maximum Gasteiger partial charge on any atom is 0.270 e. The van der Waals surface area contributed by atoms with Crippen molar-refractivity contribution in [1.29, 1.82) is 0 Å². The van der Waals surface area contributed by atoms with E-state index < -0.39 is 0 Å². The number of hydrogen-bond donors (Lipinski definition) is 1. The van der Waals surface area contributed by atoms with Crippen molar-refractivity contribution in [2.24, 2.45) is 0 Å². The first-order chi connectivity index (χ1) is 7.72. The first-order valence-electron chi connectivity index (χ1n) is 5.28. The van der Waals surface area contributed by atoms with Gasteiger partial charge in [0.15, 0.2) is 0 Å². The molecular weight excluding hydrogens is 272 g/mol. The molecule has 1 N–H and O–H groups in total. The fourth-order valence-electron chi connectivity index (χ4n) is 1.99. The highest BCUT2D eigenvalue weighted by atomic mass is 79.9. The van der Waals surface area contributed by atoms with E-state index in [9.17, 15) is 9.59 Å². The molecule has 1 saturated heterocycles. The van der Waals surface area contributed by atoms with Gasteiger partial charge in [0, 0.05) is 24.0 Å². The number of alkyl halides is 1. The molecule has 1 aliphatic rings. The standard InChI is InChI=1S/C11H13BrN2O2/c12-7-8-3-2-6-14(8)11(16)9-4-1-5-10(15)13-9/h1,4-5,8H,2-3,6-7H2,(H,13,15). The van der Waals surface area contributed by atoms with Crippen LogP contribution in [0.25, 0.3) is 0 Å². The van der Waals surface area contributed by atoms with Crippen LogP contribution in [0.1, 0.15) is 23.3 Å². The number of hydrogen-bond acceptors (Lipinski definition) is 2. The Bertz CT molecular complexity index is 444. The molecule has 1 unspecified atom stereocenters. The Balaban J connectivity index is 2.22. The monoisotopic (exact) mass is 284 g/mol. The molecular formula is C11H13BrN2O2. The lowest BCUT2D eigenvalue weighted by atomic mass is 10.2. The zero-order valence-corrected chi connectivity index (χ0v) is 10.4. The summed E-state index contributed by atoms with van der Waals surface area (Å²) in [5.74, 6) is -0.0837. The second-order valence-electron chi connectivity index (χ2n) is 3.88. The summed E-state index contributed by atoms with van der Waals surface area (Å²) in [5.41, 5.74) is 0.140. The zero-order chi connectivity index (χ0) is 11.5. The Morgan fingerprint density at radius 1 is 1.56 bits per heavy atom. The Morgan fingerprint density at radius 2 is 2.38 bits per heavy atom. The molecule has 16 heavy (non-hydrogen) atoms. The molecule has 5 heteroatoms. The Hall–Kier alpha value is -1.10. The summed E-state index contributed by atoms with van der Waals surface area (Å²) in [7, 11) is 0. The molecule has 2 rings (SSSR count). The van der Waals surface area contributed by atoms with Gasteiger partial charge in [0.2, 0.25) is 5.56 Å². The molecule has 0 bridgehead atoms. The number of halogens is 1. The van der Waals surface area contributed by atoms with Gasteiger partial charge in [-0.3, -0.25) is 9.59 Å². The molecule has 1 atom stereocenters. The molecule has 0 aliphatic carbocycles. The van der Waals surface area contributed by atoms with Gasteiger partial charge in [-0.05, 0) is 18.9 Å². The van der Waals surface area contributed by atoms with E-state index in [0.717, 1.165) is 24.7 Å². The smallest absolute Gasteiger partial charge is 0.270 e. The molecule has 1 aliphatic heterocycles.